The third-order valence-electron chi connectivity index (χ3n) is 7.43. The lowest BCUT2D eigenvalue weighted by Crippen LogP contribution is -2.36. The van der Waals surface area contributed by atoms with Gasteiger partial charge in [-0.05, 0) is 73.7 Å². The van der Waals surface area contributed by atoms with E-state index < -0.39 is 17.9 Å². The lowest BCUT2D eigenvalue weighted by Gasteiger charge is -2.33. The van der Waals surface area contributed by atoms with E-state index in [0.717, 1.165) is 52.5 Å². The highest BCUT2D eigenvalue weighted by molar-refractivity contribution is 7.99. The molecule has 8 nitrogen and oxygen atoms in total. The quantitative estimate of drug-likeness (QED) is 0.324. The highest BCUT2D eigenvalue weighted by atomic mass is 32.2. The summed E-state index contributed by atoms with van der Waals surface area (Å²) in [5.41, 5.74) is 10.4. The number of amides is 2. The molecule has 2 unspecified atom stereocenters. The van der Waals surface area contributed by atoms with E-state index in [1.807, 2.05) is 30.6 Å². The minimum absolute atomic E-state index is 0.129. The molecule has 2 atom stereocenters. The van der Waals surface area contributed by atoms with E-state index in [1.54, 1.807) is 17.8 Å². The Morgan fingerprint density at radius 1 is 1.18 bits per heavy atom. The van der Waals surface area contributed by atoms with Crippen LogP contribution in [0.4, 0.5) is 0 Å². The molecule has 2 amide bonds. The lowest BCUT2D eigenvalue weighted by molar-refractivity contribution is -0.125. The Balaban J connectivity index is 1.42. The number of nitrogens with zero attached hydrogens (tertiary/aromatic N) is 2. The molecule has 0 bridgehead atoms. The monoisotopic (exact) mass is 547 g/mol. The zero-order valence-electron chi connectivity index (χ0n) is 22.6. The number of hydrogen-bond donors (Lipinski definition) is 3. The Bertz CT molecular complexity index is 1300. The average molecular weight is 548 g/mol. The van der Waals surface area contributed by atoms with Gasteiger partial charge in [-0.15, -0.1) is 11.8 Å². The van der Waals surface area contributed by atoms with Gasteiger partial charge in [-0.3, -0.25) is 14.7 Å². The second-order valence-electron chi connectivity index (χ2n) is 10.8. The summed E-state index contributed by atoms with van der Waals surface area (Å²) in [6.07, 6.45) is 6.13. The molecule has 3 heterocycles. The van der Waals surface area contributed by atoms with E-state index in [1.165, 1.54) is 12.8 Å². The number of nitrogens with two attached hydrogens (primary N) is 1. The predicted octanol–water partition coefficient (Wildman–Crippen LogP) is 4.43. The maximum Gasteiger partial charge on any atom is 0.251 e. The second kappa shape index (κ2) is 12.3. The fourth-order valence-corrected chi connectivity index (χ4v) is 6.39. The SMILES string of the molecule is CC(C)CNC(=O)c1ccc2c(c1)CC(C(N)=O)C(c1ccc(-c3cn[nH]c3)cc1SCCN1CCCC1)O2. The third-order valence-corrected chi connectivity index (χ3v) is 8.48. The molecule has 9 heteroatoms. The molecule has 1 fully saturated rings. The minimum Gasteiger partial charge on any atom is -0.485 e. The van der Waals surface area contributed by atoms with Crippen molar-refractivity contribution in [2.24, 2.45) is 17.6 Å². The van der Waals surface area contributed by atoms with Crippen molar-refractivity contribution in [3.63, 3.8) is 0 Å². The first-order chi connectivity index (χ1) is 18.9. The van der Waals surface area contributed by atoms with E-state index >= 15 is 0 Å². The van der Waals surface area contributed by atoms with Crippen molar-refractivity contribution in [3.05, 3.63) is 65.5 Å². The number of benzene rings is 2. The van der Waals surface area contributed by atoms with Crippen LogP contribution in [-0.2, 0) is 11.2 Å². The van der Waals surface area contributed by atoms with Crippen molar-refractivity contribution in [3.8, 4) is 16.9 Å². The van der Waals surface area contributed by atoms with Crippen molar-refractivity contribution in [1.29, 1.82) is 0 Å². The molecule has 39 heavy (non-hydrogen) atoms. The molecule has 3 aromatic rings. The van der Waals surface area contributed by atoms with Crippen LogP contribution < -0.4 is 15.8 Å². The van der Waals surface area contributed by atoms with Crippen LogP contribution in [0.5, 0.6) is 5.75 Å². The highest BCUT2D eigenvalue weighted by Gasteiger charge is 2.37. The number of likely N-dealkylation sites (tertiary alicyclic amines) is 1. The fourth-order valence-electron chi connectivity index (χ4n) is 5.26. The summed E-state index contributed by atoms with van der Waals surface area (Å²) in [6, 6.07) is 11.7. The van der Waals surface area contributed by atoms with E-state index in [0.29, 0.717) is 30.2 Å². The van der Waals surface area contributed by atoms with Crippen LogP contribution in [0.3, 0.4) is 0 Å². The van der Waals surface area contributed by atoms with E-state index in [4.69, 9.17) is 10.5 Å². The number of rotatable bonds is 10. The molecule has 4 N–H and O–H groups in total. The number of H-pyrrole nitrogens is 1. The van der Waals surface area contributed by atoms with Gasteiger partial charge in [0.25, 0.3) is 5.91 Å². The van der Waals surface area contributed by atoms with Gasteiger partial charge >= 0.3 is 0 Å². The van der Waals surface area contributed by atoms with Gasteiger partial charge < -0.3 is 20.7 Å². The number of hydrogen-bond acceptors (Lipinski definition) is 6. The average Bonchev–Trinajstić information content (AvgIpc) is 3.65. The van der Waals surface area contributed by atoms with Crippen molar-refractivity contribution in [2.75, 3.05) is 31.9 Å². The van der Waals surface area contributed by atoms with Crippen LogP contribution in [0.2, 0.25) is 0 Å². The molecule has 2 aromatic carbocycles. The topological polar surface area (TPSA) is 113 Å². The van der Waals surface area contributed by atoms with Gasteiger partial charge in [-0.1, -0.05) is 26.0 Å². The lowest BCUT2D eigenvalue weighted by atomic mass is 9.85. The molecule has 206 valence electrons. The number of fused-ring (bicyclic) bond motifs is 1. The molecule has 0 saturated carbocycles. The number of ether oxygens (including phenoxy) is 1. The maximum absolute atomic E-state index is 12.7. The molecule has 5 rings (SSSR count). The number of primary amides is 1. The number of thioether (sulfide) groups is 1. The fraction of sp³-hybridized carbons (Fsp3) is 0.433. The first-order valence-corrected chi connectivity index (χ1v) is 14.7. The zero-order chi connectivity index (χ0) is 27.4. The Hall–Kier alpha value is -3.30. The molecular weight excluding hydrogens is 510 g/mol. The van der Waals surface area contributed by atoms with Crippen LogP contribution in [0.25, 0.3) is 11.1 Å². The standard InChI is InChI=1S/C30H37N5O3S/c1-19(2)16-32-30(37)21-6-8-26-22(13-21)14-25(29(31)36)28(38-26)24-7-5-20(23-17-33-34-18-23)15-27(24)39-12-11-35-9-3-4-10-35/h5-8,13,15,17-19,25,28H,3-4,9-12,14,16H2,1-2H3,(H2,31,36)(H,32,37)(H,33,34). The number of aromatic nitrogens is 2. The second-order valence-corrected chi connectivity index (χ2v) is 12.0. The summed E-state index contributed by atoms with van der Waals surface area (Å²) in [7, 11) is 0. The number of carbonyl (C=O) groups excluding carboxylic acids is 2. The van der Waals surface area contributed by atoms with E-state index in [-0.39, 0.29) is 5.91 Å². The molecule has 2 aliphatic heterocycles. The van der Waals surface area contributed by atoms with Crippen LogP contribution >= 0.6 is 11.8 Å². The third kappa shape index (κ3) is 6.47. The van der Waals surface area contributed by atoms with Crippen molar-refractivity contribution in [1.82, 2.24) is 20.4 Å². The minimum atomic E-state index is -0.552. The van der Waals surface area contributed by atoms with Crippen LogP contribution in [-0.4, -0.2) is 58.8 Å². The van der Waals surface area contributed by atoms with Gasteiger partial charge in [0.1, 0.15) is 11.9 Å². The molecule has 0 spiro atoms. The van der Waals surface area contributed by atoms with Gasteiger partial charge in [0.2, 0.25) is 5.91 Å². The molecule has 2 aliphatic rings. The van der Waals surface area contributed by atoms with Crippen molar-refractivity contribution in [2.45, 2.75) is 44.1 Å². The van der Waals surface area contributed by atoms with Crippen LogP contribution in [0, 0.1) is 11.8 Å². The van der Waals surface area contributed by atoms with Crippen molar-refractivity contribution < 1.29 is 14.3 Å². The van der Waals surface area contributed by atoms with Crippen LogP contribution in [0.15, 0.2) is 53.7 Å². The summed E-state index contributed by atoms with van der Waals surface area (Å²) < 4.78 is 6.50. The zero-order valence-corrected chi connectivity index (χ0v) is 23.4. The summed E-state index contributed by atoms with van der Waals surface area (Å²) in [4.78, 5) is 29.0. The van der Waals surface area contributed by atoms with Gasteiger partial charge in [0, 0.05) is 46.6 Å². The smallest absolute Gasteiger partial charge is 0.251 e. The summed E-state index contributed by atoms with van der Waals surface area (Å²) in [6.45, 7) is 8.05. The largest absolute Gasteiger partial charge is 0.485 e. The van der Waals surface area contributed by atoms with Gasteiger partial charge in [0.05, 0.1) is 12.1 Å². The highest BCUT2D eigenvalue weighted by Crippen LogP contribution is 2.43. The number of nitrogens with one attached hydrogen (secondary N) is 2. The van der Waals surface area contributed by atoms with Gasteiger partial charge in [-0.25, -0.2) is 0 Å². The summed E-state index contributed by atoms with van der Waals surface area (Å²) in [5.74, 6) is 0.899. The Kier molecular flexibility index (Phi) is 8.57. The van der Waals surface area contributed by atoms with Gasteiger partial charge in [-0.2, -0.15) is 5.10 Å². The number of aromatic amines is 1. The normalized spacial score (nSPS) is 19.1. The van der Waals surface area contributed by atoms with E-state index in [9.17, 15) is 9.59 Å². The molecule has 0 radical (unpaired) electrons. The van der Waals surface area contributed by atoms with Crippen LogP contribution in [0.1, 0.15) is 54.3 Å². The van der Waals surface area contributed by atoms with E-state index in [2.05, 4.69) is 46.4 Å². The Labute approximate surface area is 234 Å². The number of carbonyl (C=O) groups is 2. The van der Waals surface area contributed by atoms with Gasteiger partial charge in [0.15, 0.2) is 0 Å². The Morgan fingerprint density at radius 2 is 2.00 bits per heavy atom. The van der Waals surface area contributed by atoms with Crippen molar-refractivity contribution >= 4 is 23.6 Å². The summed E-state index contributed by atoms with van der Waals surface area (Å²) >= 11 is 1.79. The Morgan fingerprint density at radius 3 is 2.72 bits per heavy atom. The first kappa shape index (κ1) is 27.3. The molecular formula is C30H37N5O3S. The summed E-state index contributed by atoms with van der Waals surface area (Å²) in [5, 5.41) is 9.94. The molecule has 1 saturated heterocycles. The molecule has 0 aliphatic carbocycles. The predicted molar refractivity (Wildman–Crippen MR) is 154 cm³/mol. The first-order valence-electron chi connectivity index (χ1n) is 13.7. The molecule has 1 aromatic heterocycles. The maximum atomic E-state index is 12.7.